The van der Waals surface area contributed by atoms with Crippen molar-refractivity contribution in [1.82, 2.24) is 0 Å². The fourth-order valence-electron chi connectivity index (χ4n) is 1.71. The number of hydrogen-bond acceptors (Lipinski definition) is 3. The molecule has 0 saturated heterocycles. The van der Waals surface area contributed by atoms with Crippen LogP contribution in [0.5, 0.6) is 11.5 Å². The number of benzene rings is 1. The van der Waals surface area contributed by atoms with Gasteiger partial charge in [0.1, 0.15) is 5.75 Å². The number of hydrogen-bond donors (Lipinski definition) is 1. The Kier molecular flexibility index (Phi) is 3.48. The summed E-state index contributed by atoms with van der Waals surface area (Å²) < 4.78 is 10.7. The van der Waals surface area contributed by atoms with Crippen LogP contribution < -0.4 is 15.7 Å². The SMILES string of the molecule is C[Si](C)(C)c1cccc(Oc2ccoc2C(N)=O)c1. The third-order valence-electron chi connectivity index (χ3n) is 2.78. The van der Waals surface area contributed by atoms with E-state index in [1.165, 1.54) is 11.4 Å². The van der Waals surface area contributed by atoms with Gasteiger partial charge in [0.15, 0.2) is 5.75 Å². The largest absolute Gasteiger partial charge is 0.455 e. The quantitative estimate of drug-likeness (QED) is 0.872. The van der Waals surface area contributed by atoms with Gasteiger partial charge in [0, 0.05) is 6.07 Å². The first-order valence-corrected chi connectivity index (χ1v) is 9.53. The fourth-order valence-corrected chi connectivity index (χ4v) is 2.88. The predicted octanol–water partition coefficient (Wildman–Crippen LogP) is 2.72. The molecule has 0 spiro atoms. The molecule has 0 aliphatic heterocycles. The normalized spacial score (nSPS) is 11.3. The number of nitrogens with two attached hydrogens (primary N) is 1. The summed E-state index contributed by atoms with van der Waals surface area (Å²) in [7, 11) is -1.40. The molecule has 19 heavy (non-hydrogen) atoms. The maximum Gasteiger partial charge on any atom is 0.288 e. The predicted molar refractivity (Wildman–Crippen MR) is 76.7 cm³/mol. The molecule has 0 bridgehead atoms. The molecule has 1 amide bonds. The molecule has 1 heterocycles. The molecule has 0 fully saturated rings. The van der Waals surface area contributed by atoms with Gasteiger partial charge in [-0.15, -0.1) is 0 Å². The summed E-state index contributed by atoms with van der Waals surface area (Å²) in [5.41, 5.74) is 5.21. The van der Waals surface area contributed by atoms with Gasteiger partial charge in [0.2, 0.25) is 5.76 Å². The van der Waals surface area contributed by atoms with Crippen LogP contribution in [0.4, 0.5) is 0 Å². The van der Waals surface area contributed by atoms with Crippen LogP contribution in [0, 0.1) is 0 Å². The van der Waals surface area contributed by atoms with Gasteiger partial charge in [-0.25, -0.2) is 0 Å². The minimum atomic E-state index is -1.40. The molecule has 0 saturated carbocycles. The highest BCUT2D eigenvalue weighted by molar-refractivity contribution is 6.88. The Hall–Kier alpha value is -2.01. The minimum absolute atomic E-state index is 0.0402. The van der Waals surface area contributed by atoms with Crippen molar-refractivity contribution in [3.05, 3.63) is 42.4 Å². The molecule has 1 aromatic heterocycles. The van der Waals surface area contributed by atoms with Gasteiger partial charge in [0.25, 0.3) is 5.91 Å². The van der Waals surface area contributed by atoms with Gasteiger partial charge in [-0.1, -0.05) is 37.0 Å². The lowest BCUT2D eigenvalue weighted by atomic mass is 10.3. The van der Waals surface area contributed by atoms with Crippen LogP contribution in [0.3, 0.4) is 0 Å². The minimum Gasteiger partial charge on any atom is -0.455 e. The van der Waals surface area contributed by atoms with Crippen LogP contribution in [0.2, 0.25) is 19.6 Å². The van der Waals surface area contributed by atoms with E-state index in [1.807, 2.05) is 18.2 Å². The van der Waals surface area contributed by atoms with Crippen molar-refractivity contribution in [1.29, 1.82) is 0 Å². The zero-order chi connectivity index (χ0) is 14.0. The van der Waals surface area contributed by atoms with Crippen molar-refractivity contribution >= 4 is 19.2 Å². The van der Waals surface area contributed by atoms with E-state index in [0.717, 1.165) is 0 Å². The van der Waals surface area contributed by atoms with Crippen molar-refractivity contribution in [2.75, 3.05) is 0 Å². The van der Waals surface area contributed by atoms with E-state index in [-0.39, 0.29) is 5.76 Å². The molecule has 0 atom stereocenters. The lowest BCUT2D eigenvalue weighted by Gasteiger charge is -2.17. The molecule has 1 aromatic carbocycles. The van der Waals surface area contributed by atoms with Crippen molar-refractivity contribution in [3.8, 4) is 11.5 Å². The van der Waals surface area contributed by atoms with Gasteiger partial charge in [-0.2, -0.15) is 0 Å². The monoisotopic (exact) mass is 275 g/mol. The van der Waals surface area contributed by atoms with Crippen LogP contribution in [-0.4, -0.2) is 14.0 Å². The summed E-state index contributed by atoms with van der Waals surface area (Å²) >= 11 is 0. The smallest absolute Gasteiger partial charge is 0.288 e. The topological polar surface area (TPSA) is 65.5 Å². The molecule has 0 aliphatic carbocycles. The van der Waals surface area contributed by atoms with E-state index in [1.54, 1.807) is 6.07 Å². The van der Waals surface area contributed by atoms with Gasteiger partial charge in [-0.05, 0) is 12.1 Å². The summed E-state index contributed by atoms with van der Waals surface area (Å²) in [5, 5.41) is 1.29. The van der Waals surface area contributed by atoms with Crippen LogP contribution in [0.1, 0.15) is 10.6 Å². The molecule has 100 valence electrons. The van der Waals surface area contributed by atoms with Crippen molar-refractivity contribution in [2.24, 2.45) is 5.73 Å². The lowest BCUT2D eigenvalue weighted by molar-refractivity contribution is 0.0971. The van der Waals surface area contributed by atoms with Crippen LogP contribution in [-0.2, 0) is 0 Å². The number of furan rings is 1. The Morgan fingerprint density at radius 2 is 2.00 bits per heavy atom. The third-order valence-corrected chi connectivity index (χ3v) is 4.82. The van der Waals surface area contributed by atoms with Crippen molar-refractivity contribution < 1.29 is 13.9 Å². The highest BCUT2D eigenvalue weighted by Crippen LogP contribution is 2.25. The van der Waals surface area contributed by atoms with E-state index in [9.17, 15) is 4.79 Å². The van der Waals surface area contributed by atoms with Crippen LogP contribution in [0.25, 0.3) is 0 Å². The average Bonchev–Trinajstić information content (AvgIpc) is 2.76. The molecule has 2 N–H and O–H groups in total. The van der Waals surface area contributed by atoms with Crippen LogP contribution in [0.15, 0.2) is 41.0 Å². The number of amides is 1. The second-order valence-electron chi connectivity index (χ2n) is 5.36. The Labute approximate surface area is 113 Å². The number of rotatable bonds is 4. The first-order valence-electron chi connectivity index (χ1n) is 6.03. The lowest BCUT2D eigenvalue weighted by Crippen LogP contribution is -2.37. The molecule has 5 heteroatoms. The van der Waals surface area contributed by atoms with Crippen LogP contribution >= 0.6 is 0 Å². The maximum absolute atomic E-state index is 11.2. The molecular weight excluding hydrogens is 258 g/mol. The summed E-state index contributed by atoms with van der Waals surface area (Å²) in [6.45, 7) is 6.79. The van der Waals surface area contributed by atoms with E-state index >= 15 is 0 Å². The summed E-state index contributed by atoms with van der Waals surface area (Å²) in [6, 6.07) is 9.49. The molecule has 4 nitrogen and oxygen atoms in total. The second kappa shape index (κ2) is 4.93. The number of primary amides is 1. The van der Waals surface area contributed by atoms with E-state index in [0.29, 0.717) is 11.5 Å². The highest BCUT2D eigenvalue weighted by Gasteiger charge is 2.18. The Bertz CT molecular complexity index is 599. The van der Waals surface area contributed by atoms with E-state index < -0.39 is 14.0 Å². The molecule has 2 aromatic rings. The zero-order valence-electron chi connectivity index (χ0n) is 11.3. The molecular formula is C14H17NO3Si. The first-order chi connectivity index (χ1) is 8.88. The number of carbonyl (C=O) groups is 1. The molecule has 2 rings (SSSR count). The fraction of sp³-hybridized carbons (Fsp3) is 0.214. The Morgan fingerprint density at radius 1 is 1.26 bits per heavy atom. The van der Waals surface area contributed by atoms with Crippen molar-refractivity contribution in [3.63, 3.8) is 0 Å². The third kappa shape index (κ3) is 3.06. The van der Waals surface area contributed by atoms with Gasteiger partial charge in [-0.3, -0.25) is 4.79 Å². The second-order valence-corrected chi connectivity index (χ2v) is 10.4. The van der Waals surface area contributed by atoms with Gasteiger partial charge < -0.3 is 14.9 Å². The number of ether oxygens (including phenoxy) is 1. The van der Waals surface area contributed by atoms with Gasteiger partial charge in [0.05, 0.1) is 14.3 Å². The summed E-state index contributed by atoms with van der Waals surface area (Å²) in [5.74, 6) is 0.434. The summed E-state index contributed by atoms with van der Waals surface area (Å²) in [4.78, 5) is 11.2. The molecule has 0 unspecified atom stereocenters. The summed E-state index contributed by atoms with van der Waals surface area (Å²) in [6.07, 6.45) is 1.39. The zero-order valence-corrected chi connectivity index (χ0v) is 12.3. The number of carbonyl (C=O) groups excluding carboxylic acids is 1. The maximum atomic E-state index is 11.2. The van der Waals surface area contributed by atoms with Gasteiger partial charge >= 0.3 is 0 Å². The molecule has 0 radical (unpaired) electrons. The Balaban J connectivity index is 2.29. The molecule has 0 aliphatic rings. The first kappa shape index (κ1) is 13.4. The average molecular weight is 275 g/mol. The standard InChI is InChI=1S/C14H17NO3Si/c1-19(2,3)11-6-4-5-10(9-11)18-12-7-8-17-13(12)14(15)16/h4-9H,1-3H3,(H2,15,16). The van der Waals surface area contributed by atoms with Crippen molar-refractivity contribution in [2.45, 2.75) is 19.6 Å². The van der Waals surface area contributed by atoms with E-state index in [2.05, 4.69) is 25.7 Å². The Morgan fingerprint density at radius 3 is 2.63 bits per heavy atom. The van der Waals surface area contributed by atoms with E-state index in [4.69, 9.17) is 14.9 Å². The highest BCUT2D eigenvalue weighted by atomic mass is 28.3.